The Balaban J connectivity index is 1.92. The fourth-order valence-electron chi connectivity index (χ4n) is 3.82. The van der Waals surface area contributed by atoms with E-state index in [-0.39, 0.29) is 5.75 Å². The fraction of sp³-hybridized carbons (Fsp3) is 1.00. The van der Waals surface area contributed by atoms with Crippen LogP contribution in [-0.2, 0) is 10.0 Å². The predicted octanol–water partition coefficient (Wildman–Crippen LogP) is 0.921. The largest absolute Gasteiger partial charge is 0.314 e. The van der Waals surface area contributed by atoms with E-state index in [9.17, 15) is 8.42 Å². The maximum absolute atomic E-state index is 11.8. The van der Waals surface area contributed by atoms with E-state index < -0.39 is 10.0 Å². The van der Waals surface area contributed by atoms with Crippen LogP contribution >= 0.6 is 0 Å². The van der Waals surface area contributed by atoms with Crippen LogP contribution in [0.5, 0.6) is 0 Å². The van der Waals surface area contributed by atoms with Gasteiger partial charge in [0.1, 0.15) is 0 Å². The summed E-state index contributed by atoms with van der Waals surface area (Å²) in [6.07, 6.45) is 6.08. The third kappa shape index (κ3) is 4.16. The van der Waals surface area contributed by atoms with Crippen LogP contribution in [-0.4, -0.2) is 56.8 Å². The van der Waals surface area contributed by atoms with Crippen molar-refractivity contribution in [2.75, 3.05) is 25.4 Å². The maximum atomic E-state index is 11.8. The van der Waals surface area contributed by atoms with Gasteiger partial charge >= 0.3 is 0 Å². The van der Waals surface area contributed by atoms with Gasteiger partial charge in [0.2, 0.25) is 10.0 Å². The van der Waals surface area contributed by atoms with Gasteiger partial charge in [-0.3, -0.25) is 4.90 Å². The molecule has 2 unspecified atom stereocenters. The molecule has 0 aromatic rings. The topological polar surface area (TPSA) is 61.4 Å². The van der Waals surface area contributed by atoms with Crippen molar-refractivity contribution in [3.05, 3.63) is 0 Å². The minimum absolute atomic E-state index is 0.236. The predicted molar refractivity (Wildman–Crippen MR) is 82.3 cm³/mol. The van der Waals surface area contributed by atoms with E-state index in [1.165, 1.54) is 32.1 Å². The molecular weight excluding hydrogens is 274 g/mol. The average molecular weight is 303 g/mol. The Morgan fingerprint density at radius 1 is 1.10 bits per heavy atom. The lowest BCUT2D eigenvalue weighted by Gasteiger charge is -2.49. The Morgan fingerprint density at radius 2 is 1.75 bits per heavy atom. The van der Waals surface area contributed by atoms with Crippen molar-refractivity contribution in [3.8, 4) is 0 Å². The van der Waals surface area contributed by atoms with Crippen LogP contribution < -0.4 is 10.0 Å². The summed E-state index contributed by atoms with van der Waals surface area (Å²) in [5.41, 5.74) is 0. The summed E-state index contributed by atoms with van der Waals surface area (Å²) in [6, 6.07) is 1.77. The molecule has 0 aromatic carbocycles. The maximum Gasteiger partial charge on any atom is 0.212 e. The molecule has 2 atom stereocenters. The fourth-order valence-corrected chi connectivity index (χ4v) is 4.85. The Bertz CT molecular complexity index is 385. The van der Waals surface area contributed by atoms with Crippen molar-refractivity contribution in [1.82, 2.24) is 14.9 Å². The number of piperidine rings is 2. The van der Waals surface area contributed by atoms with Gasteiger partial charge in [0.15, 0.2) is 0 Å². The summed E-state index contributed by atoms with van der Waals surface area (Å²) in [7, 11) is -3.09. The van der Waals surface area contributed by atoms with Crippen molar-refractivity contribution in [3.63, 3.8) is 0 Å². The van der Waals surface area contributed by atoms with Gasteiger partial charge in [-0.1, -0.05) is 20.3 Å². The third-order valence-electron chi connectivity index (χ3n) is 4.60. The number of hydrogen-bond acceptors (Lipinski definition) is 4. The Labute approximate surface area is 123 Å². The summed E-state index contributed by atoms with van der Waals surface area (Å²) in [5.74, 6) is 0.236. The zero-order valence-electron chi connectivity index (χ0n) is 12.8. The van der Waals surface area contributed by atoms with Crippen molar-refractivity contribution < 1.29 is 8.42 Å². The first kappa shape index (κ1) is 16.2. The SMILES string of the molecule is CCNC1CC2CCCC(C1)N2CCS(=O)(=O)NCC. The molecule has 2 aliphatic heterocycles. The highest BCUT2D eigenvalue weighted by molar-refractivity contribution is 7.89. The molecule has 2 aliphatic rings. The highest BCUT2D eigenvalue weighted by Crippen LogP contribution is 2.33. The number of nitrogens with zero attached hydrogens (tertiary/aromatic N) is 1. The van der Waals surface area contributed by atoms with Crippen LogP contribution in [0.1, 0.15) is 46.0 Å². The van der Waals surface area contributed by atoms with Crippen molar-refractivity contribution in [1.29, 1.82) is 0 Å². The first-order chi connectivity index (χ1) is 9.55. The minimum atomic E-state index is -3.09. The average Bonchev–Trinajstić information content (AvgIpc) is 2.36. The first-order valence-corrected chi connectivity index (χ1v) is 9.67. The second-order valence-corrected chi connectivity index (χ2v) is 7.95. The molecule has 118 valence electrons. The van der Waals surface area contributed by atoms with Crippen LogP contribution in [0.25, 0.3) is 0 Å². The van der Waals surface area contributed by atoms with E-state index in [1.807, 2.05) is 6.92 Å². The molecule has 0 spiro atoms. The zero-order chi connectivity index (χ0) is 14.6. The van der Waals surface area contributed by atoms with E-state index in [2.05, 4.69) is 21.9 Å². The summed E-state index contributed by atoms with van der Waals surface area (Å²) in [6.45, 7) is 6.18. The number of rotatable bonds is 7. The highest BCUT2D eigenvalue weighted by Gasteiger charge is 2.37. The summed E-state index contributed by atoms with van der Waals surface area (Å²) < 4.78 is 26.2. The van der Waals surface area contributed by atoms with Gasteiger partial charge in [-0.15, -0.1) is 0 Å². The molecule has 2 N–H and O–H groups in total. The summed E-state index contributed by atoms with van der Waals surface area (Å²) in [5, 5.41) is 3.57. The molecule has 20 heavy (non-hydrogen) atoms. The molecule has 6 heteroatoms. The molecule has 0 aromatic heterocycles. The molecule has 5 nitrogen and oxygen atoms in total. The van der Waals surface area contributed by atoms with Gasteiger partial charge in [-0.2, -0.15) is 0 Å². The molecule has 2 bridgehead atoms. The molecule has 0 radical (unpaired) electrons. The summed E-state index contributed by atoms with van der Waals surface area (Å²) in [4.78, 5) is 2.46. The Morgan fingerprint density at radius 3 is 2.30 bits per heavy atom. The molecule has 2 rings (SSSR count). The van der Waals surface area contributed by atoms with Gasteiger partial charge in [-0.05, 0) is 32.2 Å². The monoisotopic (exact) mass is 303 g/mol. The number of nitrogens with one attached hydrogen (secondary N) is 2. The standard InChI is InChI=1S/C14H29N3O2S/c1-3-15-12-10-13-6-5-7-14(11-12)17(13)8-9-20(18,19)16-4-2/h12-16H,3-11H2,1-2H3. The lowest BCUT2D eigenvalue weighted by molar-refractivity contribution is 0.0303. The first-order valence-electron chi connectivity index (χ1n) is 8.02. The number of hydrogen-bond donors (Lipinski definition) is 2. The van der Waals surface area contributed by atoms with Crippen LogP contribution in [0.15, 0.2) is 0 Å². The van der Waals surface area contributed by atoms with Gasteiger partial charge in [0.25, 0.3) is 0 Å². The van der Waals surface area contributed by atoms with E-state index >= 15 is 0 Å². The normalized spacial score (nSPS) is 31.4. The Kier molecular flexibility index (Phi) is 5.84. The van der Waals surface area contributed by atoms with Gasteiger partial charge in [0, 0.05) is 31.2 Å². The van der Waals surface area contributed by atoms with Crippen LogP contribution in [0.2, 0.25) is 0 Å². The van der Waals surface area contributed by atoms with Crippen LogP contribution in [0.3, 0.4) is 0 Å². The van der Waals surface area contributed by atoms with Gasteiger partial charge in [-0.25, -0.2) is 13.1 Å². The molecule has 0 saturated carbocycles. The van der Waals surface area contributed by atoms with E-state index in [0.717, 1.165) is 6.54 Å². The molecule has 2 fully saturated rings. The lowest BCUT2D eigenvalue weighted by atomic mass is 9.82. The van der Waals surface area contributed by atoms with Crippen molar-refractivity contribution in [2.45, 2.75) is 64.1 Å². The van der Waals surface area contributed by atoms with E-state index in [0.29, 0.717) is 31.2 Å². The minimum Gasteiger partial charge on any atom is -0.314 e. The number of sulfonamides is 1. The van der Waals surface area contributed by atoms with E-state index in [1.54, 1.807) is 0 Å². The highest BCUT2D eigenvalue weighted by atomic mass is 32.2. The van der Waals surface area contributed by atoms with Crippen LogP contribution in [0.4, 0.5) is 0 Å². The zero-order valence-corrected chi connectivity index (χ0v) is 13.6. The number of fused-ring (bicyclic) bond motifs is 2. The van der Waals surface area contributed by atoms with Crippen LogP contribution in [0, 0.1) is 0 Å². The molecular formula is C14H29N3O2S. The third-order valence-corrected chi connectivity index (χ3v) is 6.05. The second-order valence-electron chi connectivity index (χ2n) is 6.02. The smallest absolute Gasteiger partial charge is 0.212 e. The van der Waals surface area contributed by atoms with E-state index in [4.69, 9.17) is 0 Å². The second kappa shape index (κ2) is 7.20. The molecule has 2 saturated heterocycles. The Hall–Kier alpha value is -0.170. The summed E-state index contributed by atoms with van der Waals surface area (Å²) >= 11 is 0. The lowest BCUT2D eigenvalue weighted by Crippen LogP contribution is -2.57. The van der Waals surface area contributed by atoms with Gasteiger partial charge in [0.05, 0.1) is 5.75 Å². The van der Waals surface area contributed by atoms with Crippen molar-refractivity contribution in [2.24, 2.45) is 0 Å². The van der Waals surface area contributed by atoms with Gasteiger partial charge < -0.3 is 5.32 Å². The van der Waals surface area contributed by atoms with Crippen molar-refractivity contribution >= 4 is 10.0 Å². The molecule has 0 aliphatic carbocycles. The molecule has 2 heterocycles. The molecule has 0 amide bonds. The quantitative estimate of drug-likeness (QED) is 0.734.